The topological polar surface area (TPSA) is 188 Å². The quantitative estimate of drug-likeness (QED) is 0.145. The molecular weight excluding hydrogens is 664 g/mol. The Morgan fingerprint density at radius 1 is 0.880 bits per heavy atom. The van der Waals surface area contributed by atoms with Crippen LogP contribution < -0.4 is 19.7 Å². The standard InChI is InChI=1S/C36H46N4O9S/c1-5-27-24-36(27,37-31(44)35(38-33(46)49-34(2,3)4)22-25-16-14-15-17-26(25)23-35)32(45)39-50(47,48)40(28-18-10-9-11-19-28)29(41)20-12-7-6-8-13-21-30(42)43/h5,9-11,14-19,27H,1,6-8,12-13,20-24H2,2-4H3,(H,37,44)(H,38,46)(H,39,45)(H,42,43)/t27-,36-/m1/s1. The van der Waals surface area contributed by atoms with E-state index in [4.69, 9.17) is 9.84 Å². The van der Waals surface area contributed by atoms with Crippen LogP contribution in [0.2, 0.25) is 0 Å². The number of carbonyl (C=O) groups is 5. The second-order valence-corrected chi connectivity index (χ2v) is 15.4. The zero-order chi connectivity index (χ0) is 36.7. The first-order valence-corrected chi connectivity index (χ1v) is 18.2. The summed E-state index contributed by atoms with van der Waals surface area (Å²) in [5.41, 5.74) is -2.42. The molecule has 2 atom stereocenters. The van der Waals surface area contributed by atoms with Crippen molar-refractivity contribution in [1.29, 1.82) is 0 Å². The summed E-state index contributed by atoms with van der Waals surface area (Å²) in [5, 5.41) is 14.3. The number of ether oxygens (including phenoxy) is 1. The summed E-state index contributed by atoms with van der Waals surface area (Å²) in [6.45, 7) is 8.83. The first-order valence-electron chi connectivity index (χ1n) is 16.7. The van der Waals surface area contributed by atoms with Crippen LogP contribution in [0.3, 0.4) is 0 Å². The summed E-state index contributed by atoms with van der Waals surface area (Å²) in [7, 11) is -4.82. The maximum Gasteiger partial charge on any atom is 0.408 e. The number of nitrogens with zero attached hydrogens (tertiary/aromatic N) is 1. The van der Waals surface area contributed by atoms with Gasteiger partial charge in [0.1, 0.15) is 16.7 Å². The van der Waals surface area contributed by atoms with E-state index in [0.717, 1.165) is 11.1 Å². The van der Waals surface area contributed by atoms with Gasteiger partial charge in [-0.15, -0.1) is 6.58 Å². The molecule has 2 aromatic carbocycles. The van der Waals surface area contributed by atoms with E-state index in [1.165, 1.54) is 18.2 Å². The van der Waals surface area contributed by atoms with Crippen molar-refractivity contribution in [3.63, 3.8) is 0 Å². The largest absolute Gasteiger partial charge is 0.481 e. The lowest BCUT2D eigenvalue weighted by molar-refractivity contribution is -0.137. The molecule has 0 radical (unpaired) electrons. The second-order valence-electron chi connectivity index (χ2n) is 13.9. The molecule has 0 spiro atoms. The molecule has 50 heavy (non-hydrogen) atoms. The molecule has 2 aromatic rings. The number of unbranched alkanes of at least 4 members (excludes halogenated alkanes) is 4. The number of anilines is 1. The van der Waals surface area contributed by atoms with Crippen LogP contribution in [0.5, 0.6) is 0 Å². The fourth-order valence-corrected chi connectivity index (χ4v) is 7.46. The highest BCUT2D eigenvalue weighted by Crippen LogP contribution is 2.46. The Balaban J connectivity index is 1.53. The number of aliphatic carboxylic acids is 1. The molecular formula is C36H46N4O9S. The number of rotatable bonds is 16. The van der Waals surface area contributed by atoms with E-state index in [2.05, 4.69) is 17.2 Å². The highest BCUT2D eigenvalue weighted by atomic mass is 32.2. The van der Waals surface area contributed by atoms with E-state index < -0.39 is 62.6 Å². The summed E-state index contributed by atoms with van der Waals surface area (Å²) < 4.78 is 35.7. The summed E-state index contributed by atoms with van der Waals surface area (Å²) in [5.74, 6) is -4.02. The molecule has 14 heteroatoms. The Kier molecular flexibility index (Phi) is 11.8. The van der Waals surface area contributed by atoms with Crippen LogP contribution in [0.1, 0.15) is 83.3 Å². The van der Waals surface area contributed by atoms with E-state index in [9.17, 15) is 32.4 Å². The van der Waals surface area contributed by atoms with Crippen molar-refractivity contribution in [2.75, 3.05) is 4.31 Å². The van der Waals surface area contributed by atoms with E-state index in [-0.39, 0.29) is 37.8 Å². The Hall–Kier alpha value is -4.72. The molecule has 0 unspecified atom stereocenters. The molecule has 2 aliphatic carbocycles. The van der Waals surface area contributed by atoms with Crippen LogP contribution in [-0.4, -0.2) is 60.0 Å². The van der Waals surface area contributed by atoms with E-state index in [0.29, 0.717) is 36.4 Å². The number of benzene rings is 2. The number of para-hydroxylation sites is 1. The van der Waals surface area contributed by atoms with Gasteiger partial charge in [0.2, 0.25) is 11.8 Å². The predicted molar refractivity (Wildman–Crippen MR) is 186 cm³/mol. The van der Waals surface area contributed by atoms with Crippen LogP contribution in [0.25, 0.3) is 0 Å². The maximum atomic E-state index is 14.2. The normalized spacial score (nSPS) is 19.0. The number of amides is 4. The predicted octanol–water partition coefficient (Wildman–Crippen LogP) is 4.32. The molecule has 270 valence electrons. The molecule has 0 saturated heterocycles. The molecule has 4 N–H and O–H groups in total. The van der Waals surface area contributed by atoms with Crippen molar-refractivity contribution < 1.29 is 42.2 Å². The van der Waals surface area contributed by atoms with Crippen LogP contribution in [0.15, 0.2) is 67.3 Å². The fraction of sp³-hybridized carbons (Fsp3) is 0.472. The Bertz CT molecular complexity index is 1700. The van der Waals surface area contributed by atoms with Gasteiger partial charge in [-0.1, -0.05) is 67.8 Å². The Morgan fingerprint density at radius 3 is 1.98 bits per heavy atom. The smallest absolute Gasteiger partial charge is 0.408 e. The lowest BCUT2D eigenvalue weighted by Crippen LogP contribution is -2.65. The first kappa shape index (κ1) is 38.1. The molecule has 13 nitrogen and oxygen atoms in total. The number of nitrogens with one attached hydrogen (secondary N) is 3. The SMILES string of the molecule is C=C[C@@H]1C[C@]1(NC(=O)C1(NC(=O)OC(C)(C)C)Cc2ccccc2C1)C(=O)NS(=O)(=O)N(C(=O)CCCCCCCC(=O)O)c1ccccc1. The minimum absolute atomic E-state index is 0.0256. The lowest BCUT2D eigenvalue weighted by atomic mass is 9.93. The van der Waals surface area contributed by atoms with Crippen molar-refractivity contribution in [3.05, 3.63) is 78.4 Å². The molecule has 2 aliphatic rings. The molecule has 0 aromatic heterocycles. The van der Waals surface area contributed by atoms with Crippen molar-refractivity contribution in [1.82, 2.24) is 15.4 Å². The third-order valence-electron chi connectivity index (χ3n) is 8.78. The van der Waals surface area contributed by atoms with Gasteiger partial charge >= 0.3 is 22.3 Å². The van der Waals surface area contributed by atoms with Gasteiger partial charge in [-0.3, -0.25) is 19.2 Å². The third kappa shape index (κ3) is 9.29. The van der Waals surface area contributed by atoms with E-state index in [1.807, 2.05) is 29.0 Å². The van der Waals surface area contributed by atoms with Gasteiger partial charge in [-0.2, -0.15) is 12.7 Å². The number of alkyl carbamates (subject to hydrolysis) is 1. The number of hydrogen-bond donors (Lipinski definition) is 4. The van der Waals surface area contributed by atoms with Crippen molar-refractivity contribution in [3.8, 4) is 0 Å². The minimum Gasteiger partial charge on any atom is -0.481 e. The van der Waals surface area contributed by atoms with Crippen LogP contribution in [0.4, 0.5) is 10.5 Å². The summed E-state index contributed by atoms with van der Waals surface area (Å²) in [4.78, 5) is 65.2. The molecule has 1 fully saturated rings. The highest BCUT2D eigenvalue weighted by Gasteiger charge is 2.62. The van der Waals surface area contributed by atoms with Gasteiger partial charge in [-0.05, 0) is 63.3 Å². The molecule has 0 bridgehead atoms. The molecule has 0 aliphatic heterocycles. The minimum atomic E-state index is -4.82. The van der Waals surface area contributed by atoms with Gasteiger partial charge in [-0.25, -0.2) is 9.52 Å². The summed E-state index contributed by atoms with van der Waals surface area (Å²) in [6.07, 6.45) is 3.59. The van der Waals surface area contributed by atoms with Crippen molar-refractivity contribution in [2.45, 2.75) is 102 Å². The number of carboxylic acids is 1. The number of carbonyl (C=O) groups excluding carboxylic acids is 4. The lowest BCUT2D eigenvalue weighted by Gasteiger charge is -2.32. The van der Waals surface area contributed by atoms with Crippen LogP contribution >= 0.6 is 0 Å². The van der Waals surface area contributed by atoms with Crippen molar-refractivity contribution in [2.24, 2.45) is 5.92 Å². The average molecular weight is 711 g/mol. The molecule has 4 rings (SSSR count). The summed E-state index contributed by atoms with van der Waals surface area (Å²) in [6, 6.07) is 14.9. The Labute approximate surface area is 293 Å². The molecule has 4 amide bonds. The van der Waals surface area contributed by atoms with Crippen LogP contribution in [-0.2, 0) is 47.0 Å². The first-order chi connectivity index (χ1) is 23.5. The number of hydrogen-bond acceptors (Lipinski definition) is 8. The summed E-state index contributed by atoms with van der Waals surface area (Å²) >= 11 is 0. The fourth-order valence-electron chi connectivity index (χ4n) is 6.19. The van der Waals surface area contributed by atoms with Gasteiger partial charge < -0.3 is 20.5 Å². The van der Waals surface area contributed by atoms with E-state index >= 15 is 0 Å². The molecule has 1 saturated carbocycles. The highest BCUT2D eigenvalue weighted by molar-refractivity contribution is 7.92. The van der Waals surface area contributed by atoms with Gasteiger partial charge in [0.25, 0.3) is 5.91 Å². The molecule has 0 heterocycles. The van der Waals surface area contributed by atoms with Gasteiger partial charge in [0.05, 0.1) is 5.69 Å². The zero-order valence-electron chi connectivity index (χ0n) is 28.7. The third-order valence-corrected chi connectivity index (χ3v) is 10.1. The van der Waals surface area contributed by atoms with Gasteiger partial charge in [0.15, 0.2) is 0 Å². The second kappa shape index (κ2) is 15.4. The number of carboxylic acid groups (broad SMARTS) is 1. The van der Waals surface area contributed by atoms with Crippen molar-refractivity contribution >= 4 is 45.7 Å². The van der Waals surface area contributed by atoms with Gasteiger partial charge in [0, 0.05) is 31.6 Å². The zero-order valence-corrected chi connectivity index (χ0v) is 29.5. The maximum absolute atomic E-state index is 14.2. The monoisotopic (exact) mass is 710 g/mol. The van der Waals surface area contributed by atoms with E-state index in [1.54, 1.807) is 39.0 Å². The average Bonchev–Trinajstić information content (AvgIpc) is 3.61. The number of fused-ring (bicyclic) bond motifs is 1. The Morgan fingerprint density at radius 2 is 1.44 bits per heavy atom. The van der Waals surface area contributed by atoms with Crippen LogP contribution in [0, 0.1) is 5.92 Å².